The highest BCUT2D eigenvalue weighted by Crippen LogP contribution is 2.34. The lowest BCUT2D eigenvalue weighted by atomic mass is 10.1. The average Bonchev–Trinajstić information content (AvgIpc) is 2.87. The van der Waals surface area contributed by atoms with E-state index >= 15 is 0 Å². The minimum atomic E-state index is -0.240. The quantitative estimate of drug-likeness (QED) is 0.848. The van der Waals surface area contributed by atoms with Crippen molar-refractivity contribution in [3.63, 3.8) is 0 Å². The maximum atomic E-state index is 13.6. The third kappa shape index (κ3) is 1.69. The molecule has 0 unspecified atom stereocenters. The first-order valence-electron chi connectivity index (χ1n) is 5.07. The van der Waals surface area contributed by atoms with Gasteiger partial charge in [0.05, 0.1) is 4.70 Å². The molecule has 1 saturated carbocycles. The zero-order chi connectivity index (χ0) is 10.4. The van der Waals surface area contributed by atoms with Crippen molar-refractivity contribution >= 4 is 26.7 Å². The van der Waals surface area contributed by atoms with E-state index in [0.29, 0.717) is 10.6 Å². The highest BCUT2D eigenvalue weighted by atomic mass is 32.1. The van der Waals surface area contributed by atoms with Gasteiger partial charge in [0.25, 0.3) is 0 Å². The van der Waals surface area contributed by atoms with Gasteiger partial charge in [0, 0.05) is 0 Å². The Balaban J connectivity index is 2.08. The largest absolute Gasteiger partial charge is 0.375 e. The van der Waals surface area contributed by atoms with Crippen LogP contribution in [0.4, 0.5) is 9.52 Å². The van der Waals surface area contributed by atoms with Crippen LogP contribution in [-0.4, -0.2) is 4.98 Å². The van der Waals surface area contributed by atoms with E-state index in [1.165, 1.54) is 24.2 Å². The van der Waals surface area contributed by atoms with E-state index in [-0.39, 0.29) is 5.82 Å². The number of hydrogen-bond acceptors (Lipinski definition) is 3. The first-order chi connectivity index (χ1) is 7.22. The lowest BCUT2D eigenvalue weighted by molar-refractivity contribution is 0.634. The Morgan fingerprint density at radius 1 is 1.47 bits per heavy atom. The number of halogens is 1. The van der Waals surface area contributed by atoms with E-state index in [0.717, 1.165) is 22.6 Å². The first-order valence-corrected chi connectivity index (χ1v) is 5.88. The predicted octanol–water partition coefficient (Wildman–Crippen LogP) is 2.97. The highest BCUT2D eigenvalue weighted by molar-refractivity contribution is 7.22. The molecule has 15 heavy (non-hydrogen) atoms. The van der Waals surface area contributed by atoms with E-state index < -0.39 is 0 Å². The Kier molecular flexibility index (Phi) is 1.92. The third-order valence-electron chi connectivity index (χ3n) is 2.75. The Bertz CT molecular complexity index is 517. The van der Waals surface area contributed by atoms with Gasteiger partial charge in [0.2, 0.25) is 0 Å². The fourth-order valence-corrected chi connectivity index (χ4v) is 2.64. The van der Waals surface area contributed by atoms with Gasteiger partial charge >= 0.3 is 0 Å². The van der Waals surface area contributed by atoms with Crippen LogP contribution in [0, 0.1) is 11.7 Å². The van der Waals surface area contributed by atoms with Gasteiger partial charge in [-0.05, 0) is 42.9 Å². The fraction of sp³-hybridized carbons (Fsp3) is 0.364. The van der Waals surface area contributed by atoms with Crippen molar-refractivity contribution in [2.75, 3.05) is 5.73 Å². The van der Waals surface area contributed by atoms with Crippen molar-refractivity contribution in [2.45, 2.75) is 19.3 Å². The van der Waals surface area contributed by atoms with Crippen LogP contribution in [0.1, 0.15) is 18.4 Å². The molecule has 2 nitrogen and oxygen atoms in total. The van der Waals surface area contributed by atoms with Crippen molar-refractivity contribution in [3.8, 4) is 0 Å². The van der Waals surface area contributed by atoms with Gasteiger partial charge in [0.15, 0.2) is 10.9 Å². The smallest absolute Gasteiger partial charge is 0.181 e. The number of thiazole rings is 1. The number of aromatic nitrogens is 1. The lowest BCUT2D eigenvalue weighted by Crippen LogP contribution is -1.89. The van der Waals surface area contributed by atoms with E-state index in [2.05, 4.69) is 4.98 Å². The molecular weight excluding hydrogens is 211 g/mol. The first kappa shape index (κ1) is 9.09. The van der Waals surface area contributed by atoms with E-state index in [4.69, 9.17) is 5.73 Å². The van der Waals surface area contributed by atoms with Gasteiger partial charge in [-0.2, -0.15) is 0 Å². The van der Waals surface area contributed by atoms with Crippen LogP contribution in [0.25, 0.3) is 10.2 Å². The molecule has 1 aromatic carbocycles. The molecule has 0 radical (unpaired) electrons. The summed E-state index contributed by atoms with van der Waals surface area (Å²) in [7, 11) is 0. The number of nitrogen functional groups attached to an aromatic ring is 1. The Hall–Kier alpha value is -1.16. The molecule has 1 aromatic heterocycles. The van der Waals surface area contributed by atoms with Crippen LogP contribution in [0.2, 0.25) is 0 Å². The number of nitrogens with two attached hydrogens (primary N) is 1. The second-order valence-corrected chi connectivity index (χ2v) is 5.19. The van der Waals surface area contributed by atoms with Gasteiger partial charge < -0.3 is 5.73 Å². The molecule has 0 aliphatic heterocycles. The van der Waals surface area contributed by atoms with Crippen molar-refractivity contribution in [3.05, 3.63) is 23.5 Å². The highest BCUT2D eigenvalue weighted by Gasteiger charge is 2.22. The van der Waals surface area contributed by atoms with E-state index in [1.807, 2.05) is 6.07 Å². The van der Waals surface area contributed by atoms with Crippen molar-refractivity contribution in [1.82, 2.24) is 4.98 Å². The molecule has 2 aromatic rings. The predicted molar refractivity (Wildman–Crippen MR) is 60.4 cm³/mol. The van der Waals surface area contributed by atoms with Crippen LogP contribution in [0.15, 0.2) is 12.1 Å². The zero-order valence-electron chi connectivity index (χ0n) is 8.16. The summed E-state index contributed by atoms with van der Waals surface area (Å²) in [6.07, 6.45) is 3.56. The molecule has 78 valence electrons. The number of hydrogen-bond donors (Lipinski definition) is 1. The average molecular weight is 222 g/mol. The lowest BCUT2D eigenvalue weighted by Gasteiger charge is -1.99. The van der Waals surface area contributed by atoms with Crippen molar-refractivity contribution in [2.24, 2.45) is 5.92 Å². The standard InChI is InChI=1S/C11H11FN2S/c12-8-4-7(3-6-1-2-6)5-9-10(8)14-11(13)15-9/h4-6H,1-3H2,(H2,13,14). The van der Waals surface area contributed by atoms with Gasteiger partial charge in [-0.25, -0.2) is 9.37 Å². The Morgan fingerprint density at radius 3 is 3.00 bits per heavy atom. The molecule has 0 bridgehead atoms. The second-order valence-electron chi connectivity index (χ2n) is 4.12. The molecule has 0 atom stereocenters. The number of benzene rings is 1. The maximum absolute atomic E-state index is 13.6. The van der Waals surface area contributed by atoms with Gasteiger partial charge in [-0.1, -0.05) is 11.3 Å². The van der Waals surface area contributed by atoms with Crippen LogP contribution in [0.3, 0.4) is 0 Å². The molecule has 3 rings (SSSR count). The second kappa shape index (κ2) is 3.17. The molecule has 1 aliphatic carbocycles. The number of anilines is 1. The van der Waals surface area contributed by atoms with Gasteiger partial charge in [-0.15, -0.1) is 0 Å². The monoisotopic (exact) mass is 222 g/mol. The summed E-state index contributed by atoms with van der Waals surface area (Å²) in [6.45, 7) is 0. The molecule has 1 fully saturated rings. The minimum absolute atomic E-state index is 0.240. The molecule has 0 amide bonds. The number of fused-ring (bicyclic) bond motifs is 1. The summed E-state index contributed by atoms with van der Waals surface area (Å²) >= 11 is 1.35. The van der Waals surface area contributed by atoms with Gasteiger partial charge in [0.1, 0.15) is 5.52 Å². The summed E-state index contributed by atoms with van der Waals surface area (Å²) in [5.41, 5.74) is 7.05. The SMILES string of the molecule is Nc1nc2c(F)cc(CC3CC3)cc2s1. The van der Waals surface area contributed by atoms with E-state index in [1.54, 1.807) is 6.07 Å². The van der Waals surface area contributed by atoms with Crippen molar-refractivity contribution < 1.29 is 4.39 Å². The van der Waals surface area contributed by atoms with E-state index in [9.17, 15) is 4.39 Å². The maximum Gasteiger partial charge on any atom is 0.181 e. The fourth-order valence-electron chi connectivity index (χ4n) is 1.83. The van der Waals surface area contributed by atoms with Crippen LogP contribution >= 0.6 is 11.3 Å². The molecule has 2 N–H and O–H groups in total. The number of rotatable bonds is 2. The summed E-state index contributed by atoms with van der Waals surface area (Å²) in [4.78, 5) is 3.97. The summed E-state index contributed by atoms with van der Waals surface area (Å²) in [5.74, 6) is 0.531. The Morgan fingerprint density at radius 2 is 2.27 bits per heavy atom. The molecule has 0 spiro atoms. The van der Waals surface area contributed by atoms with Crippen LogP contribution in [-0.2, 0) is 6.42 Å². The summed E-state index contributed by atoms with van der Waals surface area (Å²) < 4.78 is 14.5. The minimum Gasteiger partial charge on any atom is -0.375 e. The molecule has 4 heteroatoms. The van der Waals surface area contributed by atoms with Crippen LogP contribution < -0.4 is 5.73 Å². The third-order valence-corrected chi connectivity index (χ3v) is 3.58. The van der Waals surface area contributed by atoms with Gasteiger partial charge in [-0.3, -0.25) is 0 Å². The Labute approximate surface area is 90.9 Å². The zero-order valence-corrected chi connectivity index (χ0v) is 8.98. The summed E-state index contributed by atoms with van der Waals surface area (Å²) in [6, 6.07) is 3.62. The molecule has 1 aliphatic rings. The molecule has 0 saturated heterocycles. The number of nitrogens with zero attached hydrogens (tertiary/aromatic N) is 1. The molecule has 1 heterocycles. The topological polar surface area (TPSA) is 38.9 Å². The summed E-state index contributed by atoms with van der Waals surface area (Å²) in [5, 5.41) is 0.437. The van der Waals surface area contributed by atoms with Crippen molar-refractivity contribution in [1.29, 1.82) is 0 Å². The normalized spacial score (nSPS) is 16.1. The van der Waals surface area contributed by atoms with Crippen LogP contribution in [0.5, 0.6) is 0 Å². The molecular formula is C11H11FN2S.